The van der Waals surface area contributed by atoms with E-state index in [-0.39, 0.29) is 11.5 Å². The lowest BCUT2D eigenvalue weighted by Gasteiger charge is -2.21. The zero-order valence-electron chi connectivity index (χ0n) is 19.3. The van der Waals surface area contributed by atoms with Crippen LogP contribution in [-0.4, -0.2) is 31.1 Å². The molecular weight excluding hydrogens is 468 g/mol. The number of hydrogen-bond donors (Lipinski definition) is 1. The molecule has 4 heterocycles. The quantitative estimate of drug-likeness (QED) is 0.301. The van der Waals surface area contributed by atoms with Crippen molar-refractivity contribution < 1.29 is 9.21 Å². The number of hydrogen-bond acceptors (Lipinski definition) is 7. The number of unbranched alkanes of at least 4 members (excludes halogenated alkanes) is 1. The second kappa shape index (κ2) is 11.0. The van der Waals surface area contributed by atoms with Crippen LogP contribution in [0.15, 0.2) is 56.9 Å². The van der Waals surface area contributed by atoms with Gasteiger partial charge in [-0.3, -0.25) is 18.9 Å². The van der Waals surface area contributed by atoms with Gasteiger partial charge in [0.05, 0.1) is 23.3 Å². The number of fused-ring (bicyclic) bond motifs is 1. The number of nitrogens with zero attached hydrogens (tertiary/aromatic N) is 3. The Hall–Kier alpha value is -2.91. The Morgan fingerprint density at radius 2 is 2.09 bits per heavy atom. The Bertz CT molecular complexity index is 1270. The van der Waals surface area contributed by atoms with Gasteiger partial charge < -0.3 is 9.73 Å². The Morgan fingerprint density at radius 1 is 1.24 bits per heavy atom. The number of aromatic nitrogens is 2. The molecule has 9 heteroatoms. The molecule has 4 rings (SSSR count). The molecule has 1 fully saturated rings. The van der Waals surface area contributed by atoms with Crippen LogP contribution >= 0.6 is 24.0 Å². The summed E-state index contributed by atoms with van der Waals surface area (Å²) in [4.78, 5) is 33.4. The van der Waals surface area contributed by atoms with Crippen molar-refractivity contribution in [2.45, 2.75) is 46.1 Å². The van der Waals surface area contributed by atoms with Gasteiger partial charge in [0.15, 0.2) is 0 Å². The van der Waals surface area contributed by atoms with Crippen LogP contribution in [-0.2, 0) is 11.3 Å². The summed E-state index contributed by atoms with van der Waals surface area (Å²) in [5.74, 6) is 1.36. The first-order valence-electron chi connectivity index (χ1n) is 11.5. The second-order valence-electron chi connectivity index (χ2n) is 8.25. The molecule has 0 bridgehead atoms. The van der Waals surface area contributed by atoms with Crippen molar-refractivity contribution >= 4 is 51.7 Å². The van der Waals surface area contributed by atoms with E-state index in [0.717, 1.165) is 25.7 Å². The SMILES string of the molecule is CCCCC(CC)CN1C(=O)C(=Cc2c(NCc3ccco3)nc3ccccn3c2=O)SC1=S. The van der Waals surface area contributed by atoms with Crippen molar-refractivity contribution in [3.8, 4) is 0 Å². The number of nitrogens with one attached hydrogen (secondary N) is 1. The monoisotopic (exact) mass is 496 g/mol. The predicted octanol–water partition coefficient (Wildman–Crippen LogP) is 5.32. The first-order valence-corrected chi connectivity index (χ1v) is 12.8. The summed E-state index contributed by atoms with van der Waals surface area (Å²) >= 11 is 6.78. The summed E-state index contributed by atoms with van der Waals surface area (Å²) in [6.07, 6.45) is 9.20. The van der Waals surface area contributed by atoms with Crippen molar-refractivity contribution in [3.63, 3.8) is 0 Å². The molecule has 7 nitrogen and oxygen atoms in total. The van der Waals surface area contributed by atoms with Gasteiger partial charge in [0.1, 0.15) is 21.5 Å². The lowest BCUT2D eigenvalue weighted by Crippen LogP contribution is -2.33. The molecule has 3 aromatic rings. The molecule has 1 saturated heterocycles. The van der Waals surface area contributed by atoms with Crippen molar-refractivity contribution in [1.29, 1.82) is 0 Å². The number of furan rings is 1. The zero-order valence-corrected chi connectivity index (χ0v) is 21.0. The van der Waals surface area contributed by atoms with Crippen LogP contribution in [0.4, 0.5) is 5.82 Å². The molecule has 34 heavy (non-hydrogen) atoms. The van der Waals surface area contributed by atoms with E-state index in [1.165, 1.54) is 16.2 Å². The third-order valence-electron chi connectivity index (χ3n) is 5.91. The molecule has 1 aliphatic heterocycles. The molecule has 1 amide bonds. The van der Waals surface area contributed by atoms with Crippen molar-refractivity contribution in [1.82, 2.24) is 14.3 Å². The minimum absolute atomic E-state index is 0.153. The topological polar surface area (TPSA) is 79.8 Å². The number of carbonyl (C=O) groups excluding carboxylic acids is 1. The van der Waals surface area contributed by atoms with Crippen LogP contribution in [0, 0.1) is 5.92 Å². The maximum absolute atomic E-state index is 13.4. The number of thioether (sulfide) groups is 1. The van der Waals surface area contributed by atoms with E-state index in [4.69, 9.17) is 16.6 Å². The maximum Gasteiger partial charge on any atom is 0.267 e. The molecule has 1 N–H and O–H groups in total. The number of pyridine rings is 1. The summed E-state index contributed by atoms with van der Waals surface area (Å²) in [6.45, 7) is 5.28. The van der Waals surface area contributed by atoms with E-state index in [2.05, 4.69) is 24.1 Å². The molecule has 3 aromatic heterocycles. The fraction of sp³-hybridized carbons (Fsp3) is 0.360. The van der Waals surface area contributed by atoms with Gasteiger partial charge in [-0.05, 0) is 42.7 Å². The van der Waals surface area contributed by atoms with E-state index < -0.39 is 0 Å². The Kier molecular flexibility index (Phi) is 7.84. The number of carbonyl (C=O) groups is 1. The molecule has 1 atom stereocenters. The highest BCUT2D eigenvalue weighted by Gasteiger charge is 2.33. The highest BCUT2D eigenvalue weighted by Crippen LogP contribution is 2.34. The minimum Gasteiger partial charge on any atom is -0.467 e. The van der Waals surface area contributed by atoms with Gasteiger partial charge in [-0.2, -0.15) is 0 Å². The van der Waals surface area contributed by atoms with Crippen molar-refractivity contribution in [2.24, 2.45) is 5.92 Å². The van der Waals surface area contributed by atoms with Crippen molar-refractivity contribution in [3.05, 3.63) is 69.4 Å². The van der Waals surface area contributed by atoms with Crippen LogP contribution in [0.5, 0.6) is 0 Å². The molecule has 1 aliphatic rings. The van der Waals surface area contributed by atoms with E-state index >= 15 is 0 Å². The summed E-state index contributed by atoms with van der Waals surface area (Å²) < 4.78 is 7.40. The van der Waals surface area contributed by atoms with Gasteiger partial charge in [0, 0.05) is 12.7 Å². The maximum atomic E-state index is 13.4. The fourth-order valence-corrected chi connectivity index (χ4v) is 5.17. The van der Waals surface area contributed by atoms with Crippen LogP contribution in [0.1, 0.15) is 50.9 Å². The number of amides is 1. The van der Waals surface area contributed by atoms with Gasteiger partial charge in [0.2, 0.25) is 0 Å². The largest absolute Gasteiger partial charge is 0.467 e. The number of anilines is 1. The smallest absolute Gasteiger partial charge is 0.267 e. The summed E-state index contributed by atoms with van der Waals surface area (Å²) in [5.41, 5.74) is 0.571. The second-order valence-corrected chi connectivity index (χ2v) is 9.93. The lowest BCUT2D eigenvalue weighted by molar-refractivity contribution is -0.122. The van der Waals surface area contributed by atoms with E-state index in [9.17, 15) is 9.59 Å². The lowest BCUT2D eigenvalue weighted by atomic mass is 9.99. The van der Waals surface area contributed by atoms with E-state index in [1.54, 1.807) is 41.6 Å². The average Bonchev–Trinajstić information content (AvgIpc) is 3.46. The molecule has 0 radical (unpaired) electrons. The van der Waals surface area contributed by atoms with Gasteiger partial charge in [0.25, 0.3) is 11.5 Å². The van der Waals surface area contributed by atoms with Crippen LogP contribution in [0.3, 0.4) is 0 Å². The highest BCUT2D eigenvalue weighted by atomic mass is 32.2. The average molecular weight is 497 g/mol. The Morgan fingerprint density at radius 3 is 2.82 bits per heavy atom. The van der Waals surface area contributed by atoms with Crippen LogP contribution in [0.25, 0.3) is 11.7 Å². The first-order chi connectivity index (χ1) is 16.5. The van der Waals surface area contributed by atoms with Crippen molar-refractivity contribution in [2.75, 3.05) is 11.9 Å². The third-order valence-corrected chi connectivity index (χ3v) is 7.29. The Balaban J connectivity index is 1.66. The fourth-order valence-electron chi connectivity index (χ4n) is 3.92. The molecular formula is C25H28N4O3S2. The molecule has 1 unspecified atom stereocenters. The number of thiocarbonyl (C=S) groups is 1. The minimum atomic E-state index is -0.257. The Labute approximate surface area is 208 Å². The van der Waals surface area contributed by atoms with Crippen LogP contribution in [0.2, 0.25) is 0 Å². The standard InChI is InChI=1S/C25H28N4O3S2/c1-3-5-9-17(4-2)16-29-24(31)20(34-25(29)33)14-19-22(26-15-18-10-8-13-32-18)27-21-11-6-7-12-28(21)23(19)30/h6-8,10-14,17,26H,3-5,9,15-16H2,1-2H3. The normalized spacial score (nSPS) is 16.1. The zero-order chi connectivity index (χ0) is 24.1. The van der Waals surface area contributed by atoms with Crippen LogP contribution < -0.4 is 10.9 Å². The van der Waals surface area contributed by atoms with E-state index in [1.807, 2.05) is 12.1 Å². The van der Waals surface area contributed by atoms with Gasteiger partial charge in [-0.1, -0.05) is 63.2 Å². The molecule has 0 spiro atoms. The molecule has 0 aliphatic carbocycles. The predicted molar refractivity (Wildman–Crippen MR) is 141 cm³/mol. The number of rotatable bonds is 10. The third kappa shape index (κ3) is 5.26. The molecule has 178 valence electrons. The highest BCUT2D eigenvalue weighted by molar-refractivity contribution is 8.26. The molecule has 0 aromatic carbocycles. The van der Waals surface area contributed by atoms with Gasteiger partial charge in [-0.25, -0.2) is 4.98 Å². The summed E-state index contributed by atoms with van der Waals surface area (Å²) in [6, 6.07) is 9.01. The van der Waals surface area contributed by atoms with Gasteiger partial charge >= 0.3 is 0 Å². The molecule has 0 saturated carbocycles. The first kappa shape index (κ1) is 24.2. The van der Waals surface area contributed by atoms with Gasteiger partial charge in [-0.15, -0.1) is 0 Å². The van der Waals surface area contributed by atoms with E-state index in [0.29, 0.717) is 51.0 Å². The summed E-state index contributed by atoms with van der Waals surface area (Å²) in [5, 5.41) is 3.19. The summed E-state index contributed by atoms with van der Waals surface area (Å²) in [7, 11) is 0.